The Balaban J connectivity index is 3.11. The van der Waals surface area contributed by atoms with Crippen LogP contribution >= 0.6 is 0 Å². The Labute approximate surface area is 110 Å². The summed E-state index contributed by atoms with van der Waals surface area (Å²) in [6, 6.07) is 3.76. The molecule has 1 amide bonds. The third kappa shape index (κ3) is 3.45. The SMILES string of the molecule is C#CC(C)(C)NC(=O)c1ccc([N+](=O)[O-])cc1OC. The molecule has 1 aromatic carbocycles. The van der Waals surface area contributed by atoms with E-state index < -0.39 is 16.4 Å². The number of carbonyl (C=O) groups excluding carboxylic acids is 1. The first kappa shape index (κ1) is 14.5. The first-order chi connectivity index (χ1) is 8.80. The van der Waals surface area contributed by atoms with Crippen LogP contribution in [0.2, 0.25) is 0 Å². The number of terminal acetylenes is 1. The molecule has 0 aliphatic heterocycles. The molecule has 19 heavy (non-hydrogen) atoms. The number of methoxy groups -OCH3 is 1. The van der Waals surface area contributed by atoms with Crippen molar-refractivity contribution in [1.82, 2.24) is 5.32 Å². The minimum Gasteiger partial charge on any atom is -0.496 e. The zero-order valence-electron chi connectivity index (χ0n) is 10.9. The zero-order valence-corrected chi connectivity index (χ0v) is 10.9. The summed E-state index contributed by atoms with van der Waals surface area (Å²) in [7, 11) is 1.34. The normalized spacial score (nSPS) is 10.4. The van der Waals surface area contributed by atoms with Gasteiger partial charge in [0.2, 0.25) is 0 Å². The third-order valence-electron chi connectivity index (χ3n) is 2.43. The molecule has 0 fully saturated rings. The van der Waals surface area contributed by atoms with Crippen LogP contribution in [-0.2, 0) is 0 Å². The smallest absolute Gasteiger partial charge is 0.273 e. The average Bonchev–Trinajstić information content (AvgIpc) is 2.37. The van der Waals surface area contributed by atoms with Crippen molar-refractivity contribution in [2.24, 2.45) is 0 Å². The summed E-state index contributed by atoms with van der Waals surface area (Å²) in [5.41, 5.74) is -0.773. The molecule has 0 atom stereocenters. The maximum absolute atomic E-state index is 12.0. The minimum absolute atomic E-state index is 0.125. The van der Waals surface area contributed by atoms with Gasteiger partial charge in [0, 0.05) is 6.07 Å². The molecule has 0 bridgehead atoms. The van der Waals surface area contributed by atoms with Crippen molar-refractivity contribution in [3.05, 3.63) is 33.9 Å². The van der Waals surface area contributed by atoms with Crippen LogP contribution in [0, 0.1) is 22.5 Å². The van der Waals surface area contributed by atoms with Crippen molar-refractivity contribution in [3.8, 4) is 18.1 Å². The number of carbonyl (C=O) groups is 1. The number of benzene rings is 1. The number of nitrogens with zero attached hydrogens (tertiary/aromatic N) is 1. The van der Waals surface area contributed by atoms with Crippen LogP contribution < -0.4 is 10.1 Å². The summed E-state index contributed by atoms with van der Waals surface area (Å²) in [4.78, 5) is 22.1. The van der Waals surface area contributed by atoms with Gasteiger partial charge in [0.15, 0.2) is 0 Å². The van der Waals surface area contributed by atoms with Gasteiger partial charge in [0.25, 0.3) is 11.6 Å². The van der Waals surface area contributed by atoms with Crippen molar-refractivity contribution < 1.29 is 14.5 Å². The highest BCUT2D eigenvalue weighted by Gasteiger charge is 2.22. The summed E-state index contributed by atoms with van der Waals surface area (Å²) in [5.74, 6) is 2.10. The van der Waals surface area contributed by atoms with Gasteiger partial charge in [-0.2, -0.15) is 0 Å². The van der Waals surface area contributed by atoms with E-state index in [2.05, 4.69) is 11.2 Å². The molecule has 0 radical (unpaired) electrons. The average molecular weight is 262 g/mol. The first-order valence-electron chi connectivity index (χ1n) is 5.43. The fourth-order valence-electron chi connectivity index (χ4n) is 1.37. The van der Waals surface area contributed by atoms with Crippen LogP contribution in [0.15, 0.2) is 18.2 Å². The summed E-state index contributed by atoms with van der Waals surface area (Å²) < 4.78 is 4.99. The Morgan fingerprint density at radius 2 is 2.16 bits per heavy atom. The second-order valence-electron chi connectivity index (χ2n) is 4.37. The van der Waals surface area contributed by atoms with Gasteiger partial charge in [-0.05, 0) is 19.9 Å². The molecule has 100 valence electrons. The Kier molecular flexibility index (Phi) is 4.12. The van der Waals surface area contributed by atoms with Crippen molar-refractivity contribution in [3.63, 3.8) is 0 Å². The Bertz CT molecular complexity index is 558. The second kappa shape index (κ2) is 5.40. The first-order valence-corrected chi connectivity index (χ1v) is 5.43. The zero-order chi connectivity index (χ0) is 14.6. The van der Waals surface area contributed by atoms with E-state index in [-0.39, 0.29) is 17.0 Å². The standard InChI is InChI=1S/C13H14N2O4/c1-5-13(2,3)14-12(16)10-7-6-9(15(17)18)8-11(10)19-4/h1,6-8H,2-4H3,(H,14,16). The number of hydrogen-bond acceptors (Lipinski definition) is 4. The molecule has 6 nitrogen and oxygen atoms in total. The van der Waals surface area contributed by atoms with E-state index in [1.165, 1.54) is 25.3 Å². The third-order valence-corrected chi connectivity index (χ3v) is 2.43. The van der Waals surface area contributed by atoms with E-state index >= 15 is 0 Å². The molecule has 0 unspecified atom stereocenters. The van der Waals surface area contributed by atoms with E-state index in [0.29, 0.717) is 0 Å². The lowest BCUT2D eigenvalue weighted by Crippen LogP contribution is -2.42. The highest BCUT2D eigenvalue weighted by atomic mass is 16.6. The number of rotatable bonds is 4. The van der Waals surface area contributed by atoms with Crippen LogP contribution in [-0.4, -0.2) is 23.5 Å². The molecule has 0 aromatic heterocycles. The largest absolute Gasteiger partial charge is 0.496 e. The van der Waals surface area contributed by atoms with Crippen molar-refractivity contribution in [2.75, 3.05) is 7.11 Å². The molecule has 0 saturated carbocycles. The lowest BCUT2D eigenvalue weighted by molar-refractivity contribution is -0.384. The van der Waals surface area contributed by atoms with E-state index in [4.69, 9.17) is 11.2 Å². The van der Waals surface area contributed by atoms with Gasteiger partial charge in [0.1, 0.15) is 5.75 Å². The summed E-state index contributed by atoms with van der Waals surface area (Å²) >= 11 is 0. The molecule has 1 N–H and O–H groups in total. The van der Waals surface area contributed by atoms with E-state index in [1.807, 2.05) is 0 Å². The fourth-order valence-corrected chi connectivity index (χ4v) is 1.37. The fraction of sp³-hybridized carbons (Fsp3) is 0.308. The molecule has 0 aliphatic rings. The van der Waals surface area contributed by atoms with Gasteiger partial charge < -0.3 is 10.1 Å². The molecular weight excluding hydrogens is 248 g/mol. The van der Waals surface area contributed by atoms with Gasteiger partial charge in [-0.3, -0.25) is 14.9 Å². The maximum Gasteiger partial charge on any atom is 0.273 e. The predicted molar refractivity (Wildman–Crippen MR) is 70.0 cm³/mol. The molecule has 0 spiro atoms. The number of ether oxygens (including phenoxy) is 1. The van der Waals surface area contributed by atoms with Gasteiger partial charge in [-0.1, -0.05) is 5.92 Å². The van der Waals surface area contributed by atoms with E-state index in [1.54, 1.807) is 13.8 Å². The quantitative estimate of drug-likeness (QED) is 0.509. The van der Waals surface area contributed by atoms with Crippen molar-refractivity contribution >= 4 is 11.6 Å². The van der Waals surface area contributed by atoms with Gasteiger partial charge in [-0.15, -0.1) is 6.42 Å². The highest BCUT2D eigenvalue weighted by molar-refractivity contribution is 5.97. The van der Waals surface area contributed by atoms with Gasteiger partial charge in [-0.25, -0.2) is 0 Å². The predicted octanol–water partition coefficient (Wildman–Crippen LogP) is 1.74. The number of nitrogens with one attached hydrogen (secondary N) is 1. The Morgan fingerprint density at radius 1 is 1.53 bits per heavy atom. The molecular formula is C13H14N2O4. The number of hydrogen-bond donors (Lipinski definition) is 1. The lowest BCUT2D eigenvalue weighted by Gasteiger charge is -2.20. The number of nitro benzene ring substituents is 1. The van der Waals surface area contributed by atoms with E-state index in [9.17, 15) is 14.9 Å². The molecule has 1 aromatic rings. The highest BCUT2D eigenvalue weighted by Crippen LogP contribution is 2.24. The molecule has 0 aliphatic carbocycles. The Morgan fingerprint density at radius 3 is 2.63 bits per heavy atom. The van der Waals surface area contributed by atoms with Gasteiger partial charge >= 0.3 is 0 Å². The number of nitro groups is 1. The second-order valence-corrected chi connectivity index (χ2v) is 4.37. The monoisotopic (exact) mass is 262 g/mol. The molecule has 1 rings (SSSR count). The Hall–Kier alpha value is -2.55. The molecule has 0 saturated heterocycles. The van der Waals surface area contributed by atoms with Crippen LogP contribution in [0.5, 0.6) is 5.75 Å². The number of amides is 1. The van der Waals surface area contributed by atoms with Gasteiger partial charge in [0.05, 0.1) is 29.2 Å². The van der Waals surface area contributed by atoms with Crippen LogP contribution in [0.3, 0.4) is 0 Å². The summed E-state index contributed by atoms with van der Waals surface area (Å²) in [6.45, 7) is 3.34. The molecule has 0 heterocycles. The van der Waals surface area contributed by atoms with Crippen LogP contribution in [0.1, 0.15) is 24.2 Å². The number of non-ortho nitro benzene ring substituents is 1. The van der Waals surface area contributed by atoms with Crippen LogP contribution in [0.25, 0.3) is 0 Å². The summed E-state index contributed by atoms with van der Waals surface area (Å²) in [5, 5.41) is 13.3. The van der Waals surface area contributed by atoms with Crippen molar-refractivity contribution in [1.29, 1.82) is 0 Å². The van der Waals surface area contributed by atoms with Crippen LogP contribution in [0.4, 0.5) is 5.69 Å². The topological polar surface area (TPSA) is 81.5 Å². The van der Waals surface area contributed by atoms with Crippen molar-refractivity contribution in [2.45, 2.75) is 19.4 Å². The lowest BCUT2D eigenvalue weighted by atomic mass is 10.1. The summed E-state index contributed by atoms with van der Waals surface area (Å²) in [6.07, 6.45) is 5.28. The minimum atomic E-state index is -0.816. The maximum atomic E-state index is 12.0. The molecule has 6 heteroatoms. The van der Waals surface area contributed by atoms with E-state index in [0.717, 1.165) is 0 Å².